The van der Waals surface area contributed by atoms with Crippen molar-refractivity contribution in [2.45, 2.75) is 114 Å². The second-order valence-electron chi connectivity index (χ2n) is 15.2. The zero-order valence-electron chi connectivity index (χ0n) is 25.8. The summed E-state index contributed by atoms with van der Waals surface area (Å²) in [4.78, 5) is 13.5. The Kier molecular flexibility index (Phi) is 9.05. The summed E-state index contributed by atoms with van der Waals surface area (Å²) in [5, 5.41) is 11.1. The van der Waals surface area contributed by atoms with E-state index in [2.05, 4.69) is 54.5 Å². The average Bonchev–Trinajstić information content (AvgIpc) is 2.71. The molecule has 206 valence electrons. The number of carbonyl (C=O) groups is 1. The molecular weight excluding hydrogens is 456 g/mol. The second-order valence-corrected chi connectivity index (χ2v) is 15.2. The van der Waals surface area contributed by atoms with E-state index in [0.717, 1.165) is 29.5 Å². The van der Waals surface area contributed by atoms with Gasteiger partial charge in [0.25, 0.3) is 0 Å². The van der Waals surface area contributed by atoms with Crippen LogP contribution >= 0.6 is 0 Å². The first-order valence-corrected chi connectivity index (χ1v) is 13.8. The van der Waals surface area contributed by atoms with Gasteiger partial charge in [0.2, 0.25) is 0 Å². The summed E-state index contributed by atoms with van der Waals surface area (Å²) in [7, 11) is 0. The molecule has 2 aromatic carbocycles. The fourth-order valence-corrected chi connectivity index (χ4v) is 4.62. The molecule has 0 aliphatic carbocycles. The highest BCUT2D eigenvalue weighted by atomic mass is 16.5. The molecule has 3 nitrogen and oxygen atoms in total. The lowest BCUT2D eigenvalue weighted by Gasteiger charge is -2.37. The number of phenols is 1. The van der Waals surface area contributed by atoms with Crippen LogP contribution in [0.2, 0.25) is 0 Å². The lowest BCUT2D eigenvalue weighted by molar-refractivity contribution is 0.0731. The minimum Gasteiger partial charge on any atom is -0.507 e. The molecule has 0 radical (unpaired) electrons. The highest BCUT2D eigenvalue weighted by Crippen LogP contribution is 2.42. The van der Waals surface area contributed by atoms with Crippen molar-refractivity contribution in [1.82, 2.24) is 0 Å². The molecular formula is C34H52O3. The molecule has 2 aromatic rings. The molecule has 0 saturated heterocycles. The summed E-state index contributed by atoms with van der Waals surface area (Å²) in [6.45, 7) is 28.5. The smallest absolute Gasteiger partial charge is 0.343 e. The molecule has 0 saturated carbocycles. The van der Waals surface area contributed by atoms with E-state index in [1.807, 2.05) is 59.7 Å². The lowest BCUT2D eigenvalue weighted by atomic mass is 9.68. The maximum Gasteiger partial charge on any atom is 0.343 e. The Morgan fingerprint density at radius 2 is 1.30 bits per heavy atom. The summed E-state index contributed by atoms with van der Waals surface area (Å²) >= 11 is 0. The fourth-order valence-electron chi connectivity index (χ4n) is 4.62. The van der Waals surface area contributed by atoms with Crippen molar-refractivity contribution in [3.05, 3.63) is 58.7 Å². The third-order valence-corrected chi connectivity index (χ3v) is 7.94. The zero-order valence-corrected chi connectivity index (χ0v) is 25.8. The molecule has 0 aliphatic rings. The lowest BCUT2D eigenvalue weighted by Crippen LogP contribution is -2.29. The topological polar surface area (TPSA) is 46.5 Å². The largest absolute Gasteiger partial charge is 0.507 e. The van der Waals surface area contributed by atoms with Gasteiger partial charge in [-0.3, -0.25) is 0 Å². The first-order valence-electron chi connectivity index (χ1n) is 13.8. The van der Waals surface area contributed by atoms with Gasteiger partial charge in [0, 0.05) is 11.1 Å². The van der Waals surface area contributed by atoms with Crippen LogP contribution in [0, 0.1) is 22.7 Å². The number of carbonyl (C=O) groups excluding carboxylic acids is 1. The van der Waals surface area contributed by atoms with E-state index in [1.165, 1.54) is 0 Å². The minimum atomic E-state index is -0.390. The quantitative estimate of drug-likeness (QED) is 0.312. The number of esters is 1. The molecule has 0 bridgehead atoms. The van der Waals surface area contributed by atoms with Gasteiger partial charge in [-0.25, -0.2) is 4.79 Å². The van der Waals surface area contributed by atoms with E-state index in [1.54, 1.807) is 12.1 Å². The molecule has 1 N–H and O–H groups in total. The van der Waals surface area contributed by atoms with E-state index in [-0.39, 0.29) is 33.4 Å². The second kappa shape index (κ2) is 10.8. The molecule has 0 spiro atoms. The molecule has 0 fully saturated rings. The monoisotopic (exact) mass is 508 g/mol. The number of aromatic hydroxyl groups is 1. The standard InChI is InChI=1S/C34H52O3/c1-22(31(2,3)4)18-25(32(5,6)7)19-23-16-14-15-17-28(23)37-30(36)24-20-26(33(8,9)10)29(35)27(21-24)34(11,12)13/h14-17,20-22,25,35H,18-19H2,1-13H3. The van der Waals surface area contributed by atoms with Crippen molar-refractivity contribution in [2.24, 2.45) is 22.7 Å². The van der Waals surface area contributed by atoms with Gasteiger partial charge in [0.05, 0.1) is 5.56 Å². The van der Waals surface area contributed by atoms with Gasteiger partial charge in [-0.2, -0.15) is 0 Å². The van der Waals surface area contributed by atoms with E-state index in [9.17, 15) is 9.90 Å². The number of phenolic OH excluding ortho intramolecular Hbond substituents is 1. The SMILES string of the molecule is CC(CC(Cc1ccccc1OC(=O)c1cc(C(C)(C)C)c(O)c(C(C)(C)C)c1)C(C)(C)C)C(C)(C)C. The van der Waals surface area contributed by atoms with E-state index in [0.29, 0.717) is 23.1 Å². The Morgan fingerprint density at radius 1 is 0.811 bits per heavy atom. The van der Waals surface area contributed by atoms with Gasteiger partial charge < -0.3 is 9.84 Å². The maximum atomic E-state index is 13.5. The summed E-state index contributed by atoms with van der Waals surface area (Å²) in [5.74, 6) is 1.50. The summed E-state index contributed by atoms with van der Waals surface area (Å²) < 4.78 is 6.07. The zero-order chi connectivity index (χ0) is 28.6. The first kappa shape index (κ1) is 30.9. The van der Waals surface area contributed by atoms with Crippen molar-refractivity contribution in [3.63, 3.8) is 0 Å². The number of rotatable bonds is 6. The molecule has 0 aromatic heterocycles. The highest BCUT2D eigenvalue weighted by Gasteiger charge is 2.32. The van der Waals surface area contributed by atoms with Crippen LogP contribution in [-0.4, -0.2) is 11.1 Å². The van der Waals surface area contributed by atoms with Crippen LogP contribution in [0.4, 0.5) is 0 Å². The van der Waals surface area contributed by atoms with Gasteiger partial charge in [-0.1, -0.05) is 108 Å². The summed E-state index contributed by atoms with van der Waals surface area (Å²) in [6, 6.07) is 11.5. The van der Waals surface area contributed by atoms with Crippen LogP contribution < -0.4 is 4.74 Å². The van der Waals surface area contributed by atoms with Crippen molar-refractivity contribution in [1.29, 1.82) is 0 Å². The van der Waals surface area contributed by atoms with E-state index < -0.39 is 0 Å². The van der Waals surface area contributed by atoms with Crippen LogP contribution in [0.5, 0.6) is 11.5 Å². The van der Waals surface area contributed by atoms with Crippen LogP contribution in [0.1, 0.15) is 123 Å². The average molecular weight is 509 g/mol. The molecule has 2 unspecified atom stereocenters. The van der Waals surface area contributed by atoms with Gasteiger partial charge >= 0.3 is 5.97 Å². The fraction of sp³-hybridized carbons (Fsp3) is 0.618. The van der Waals surface area contributed by atoms with Gasteiger partial charge in [-0.05, 0) is 70.1 Å². The molecule has 0 amide bonds. The minimum absolute atomic E-state index is 0.122. The van der Waals surface area contributed by atoms with Crippen molar-refractivity contribution in [3.8, 4) is 11.5 Å². The van der Waals surface area contributed by atoms with Gasteiger partial charge in [-0.15, -0.1) is 0 Å². The predicted molar refractivity (Wildman–Crippen MR) is 157 cm³/mol. The maximum absolute atomic E-state index is 13.5. The van der Waals surface area contributed by atoms with Crippen LogP contribution in [0.25, 0.3) is 0 Å². The Hall–Kier alpha value is -2.29. The third kappa shape index (κ3) is 8.09. The van der Waals surface area contributed by atoms with E-state index >= 15 is 0 Å². The number of para-hydroxylation sites is 1. The predicted octanol–water partition coefficient (Wildman–Crippen LogP) is 9.48. The molecule has 2 rings (SSSR count). The number of benzene rings is 2. The van der Waals surface area contributed by atoms with Crippen LogP contribution in [0.15, 0.2) is 36.4 Å². The number of hydrogen-bond acceptors (Lipinski definition) is 3. The van der Waals surface area contributed by atoms with Crippen molar-refractivity contribution >= 4 is 5.97 Å². The van der Waals surface area contributed by atoms with Gasteiger partial charge in [0.1, 0.15) is 11.5 Å². The van der Waals surface area contributed by atoms with Crippen LogP contribution in [0.3, 0.4) is 0 Å². The molecule has 3 heteroatoms. The number of hydrogen-bond donors (Lipinski definition) is 1. The Morgan fingerprint density at radius 3 is 1.73 bits per heavy atom. The molecule has 37 heavy (non-hydrogen) atoms. The first-order chi connectivity index (χ1) is 16.6. The normalized spacial score (nSPS) is 14.8. The Labute approximate surface area is 227 Å². The summed E-state index contributed by atoms with van der Waals surface area (Å²) in [5.41, 5.74) is 2.76. The Balaban J connectivity index is 2.45. The number of ether oxygens (including phenoxy) is 1. The van der Waals surface area contributed by atoms with Crippen LogP contribution in [-0.2, 0) is 17.3 Å². The highest BCUT2D eigenvalue weighted by molar-refractivity contribution is 5.92. The molecule has 0 aliphatic heterocycles. The molecule has 0 heterocycles. The van der Waals surface area contributed by atoms with Gasteiger partial charge in [0.15, 0.2) is 0 Å². The summed E-state index contributed by atoms with van der Waals surface area (Å²) in [6.07, 6.45) is 1.96. The third-order valence-electron chi connectivity index (χ3n) is 7.94. The van der Waals surface area contributed by atoms with Crippen molar-refractivity contribution < 1.29 is 14.6 Å². The molecule has 2 atom stereocenters. The van der Waals surface area contributed by atoms with E-state index in [4.69, 9.17) is 4.74 Å². The Bertz CT molecular complexity index is 1050. The van der Waals surface area contributed by atoms with Crippen molar-refractivity contribution in [2.75, 3.05) is 0 Å².